The lowest BCUT2D eigenvalue weighted by molar-refractivity contribution is 0.0785. The third kappa shape index (κ3) is 3.60. The summed E-state index contributed by atoms with van der Waals surface area (Å²) in [6.07, 6.45) is 4.46. The van der Waals surface area contributed by atoms with Gasteiger partial charge in [-0.3, -0.25) is 9.89 Å². The van der Waals surface area contributed by atoms with E-state index in [2.05, 4.69) is 17.1 Å². The van der Waals surface area contributed by atoms with E-state index in [4.69, 9.17) is 4.74 Å². The minimum absolute atomic E-state index is 0.0201. The van der Waals surface area contributed by atoms with E-state index in [-0.39, 0.29) is 5.91 Å². The molecule has 0 aliphatic heterocycles. The number of H-pyrrole nitrogens is 1. The van der Waals surface area contributed by atoms with Gasteiger partial charge in [0.15, 0.2) is 0 Å². The van der Waals surface area contributed by atoms with E-state index in [1.807, 2.05) is 12.1 Å². The molecule has 0 radical (unpaired) electrons. The van der Waals surface area contributed by atoms with E-state index < -0.39 is 0 Å². The first kappa shape index (κ1) is 14.1. The maximum absolute atomic E-state index is 12.3. The van der Waals surface area contributed by atoms with Gasteiger partial charge >= 0.3 is 0 Å². The number of aromatic amines is 1. The lowest BCUT2D eigenvalue weighted by Crippen LogP contribution is -2.25. The molecule has 1 aromatic heterocycles. The van der Waals surface area contributed by atoms with Gasteiger partial charge in [0.05, 0.1) is 12.8 Å². The van der Waals surface area contributed by atoms with Crippen molar-refractivity contribution in [2.75, 3.05) is 13.7 Å². The van der Waals surface area contributed by atoms with Crippen molar-refractivity contribution in [3.8, 4) is 5.75 Å². The van der Waals surface area contributed by atoms with Gasteiger partial charge in [0, 0.05) is 30.9 Å². The number of benzene rings is 1. The number of ether oxygens (including phenoxy) is 1. The van der Waals surface area contributed by atoms with Crippen molar-refractivity contribution in [2.24, 2.45) is 0 Å². The van der Waals surface area contributed by atoms with Crippen molar-refractivity contribution < 1.29 is 9.53 Å². The largest absolute Gasteiger partial charge is 0.494 e. The Morgan fingerprint density at radius 3 is 2.70 bits per heavy atom. The normalized spacial score (nSPS) is 10.3. The minimum atomic E-state index is -0.0201. The van der Waals surface area contributed by atoms with Crippen LogP contribution in [0.3, 0.4) is 0 Å². The highest BCUT2D eigenvalue weighted by molar-refractivity contribution is 5.94. The van der Waals surface area contributed by atoms with Crippen LogP contribution in [0, 0.1) is 0 Å². The first-order valence-corrected chi connectivity index (χ1v) is 6.66. The smallest absolute Gasteiger partial charge is 0.253 e. The average Bonchev–Trinajstić information content (AvgIpc) is 2.97. The van der Waals surface area contributed by atoms with Crippen LogP contribution >= 0.6 is 0 Å². The van der Waals surface area contributed by atoms with E-state index >= 15 is 0 Å². The predicted octanol–water partition coefficient (Wildman–Crippen LogP) is 2.47. The minimum Gasteiger partial charge on any atom is -0.494 e. The molecule has 0 aliphatic rings. The topological polar surface area (TPSA) is 58.2 Å². The van der Waals surface area contributed by atoms with E-state index in [0.717, 1.165) is 17.7 Å². The lowest BCUT2D eigenvalue weighted by Gasteiger charge is -2.16. The van der Waals surface area contributed by atoms with Crippen LogP contribution in [0.5, 0.6) is 5.75 Å². The molecule has 1 N–H and O–H groups in total. The standard InChI is InChI=1S/C15H19N3O2/c1-3-8-20-14-6-4-13(5-7-14)15(19)18(2)11-12-9-16-17-10-12/h4-7,9-10H,3,8,11H2,1-2H3,(H,16,17). The predicted molar refractivity (Wildman–Crippen MR) is 76.6 cm³/mol. The van der Waals surface area contributed by atoms with Crippen molar-refractivity contribution >= 4 is 5.91 Å². The van der Waals surface area contributed by atoms with Gasteiger partial charge in [0.25, 0.3) is 5.91 Å². The molecule has 1 aromatic carbocycles. The van der Waals surface area contributed by atoms with Crippen molar-refractivity contribution in [1.29, 1.82) is 0 Å². The van der Waals surface area contributed by atoms with Crippen molar-refractivity contribution in [3.63, 3.8) is 0 Å². The van der Waals surface area contributed by atoms with Crippen LogP contribution in [0.15, 0.2) is 36.7 Å². The molecule has 0 spiro atoms. The Balaban J connectivity index is 1.97. The van der Waals surface area contributed by atoms with E-state index in [0.29, 0.717) is 18.7 Å². The molecule has 20 heavy (non-hydrogen) atoms. The summed E-state index contributed by atoms with van der Waals surface area (Å²) in [6.45, 7) is 3.28. The zero-order valence-corrected chi connectivity index (χ0v) is 11.8. The number of nitrogens with zero attached hydrogens (tertiary/aromatic N) is 2. The summed E-state index contributed by atoms with van der Waals surface area (Å²) in [5.41, 5.74) is 1.63. The number of amides is 1. The Bertz CT molecular complexity index is 535. The molecule has 5 nitrogen and oxygen atoms in total. The second kappa shape index (κ2) is 6.75. The van der Waals surface area contributed by atoms with Crippen LogP contribution in [-0.2, 0) is 6.54 Å². The second-order valence-corrected chi connectivity index (χ2v) is 4.64. The summed E-state index contributed by atoms with van der Waals surface area (Å²) < 4.78 is 5.50. The van der Waals surface area contributed by atoms with Crippen LogP contribution in [0.2, 0.25) is 0 Å². The van der Waals surface area contributed by atoms with E-state index in [9.17, 15) is 4.79 Å². The fourth-order valence-electron chi connectivity index (χ4n) is 1.84. The molecule has 0 fully saturated rings. The monoisotopic (exact) mass is 273 g/mol. The summed E-state index contributed by atoms with van der Waals surface area (Å²) in [5.74, 6) is 0.772. The van der Waals surface area contributed by atoms with Crippen molar-refractivity contribution in [1.82, 2.24) is 15.1 Å². The van der Waals surface area contributed by atoms with E-state index in [1.54, 1.807) is 36.5 Å². The maximum atomic E-state index is 12.3. The van der Waals surface area contributed by atoms with Crippen LogP contribution in [0.4, 0.5) is 0 Å². The summed E-state index contributed by atoms with van der Waals surface area (Å²) in [6, 6.07) is 7.24. The average molecular weight is 273 g/mol. The molecule has 0 unspecified atom stereocenters. The summed E-state index contributed by atoms with van der Waals surface area (Å²) in [7, 11) is 1.77. The number of carbonyl (C=O) groups excluding carboxylic acids is 1. The fourth-order valence-corrected chi connectivity index (χ4v) is 1.84. The van der Waals surface area contributed by atoms with Gasteiger partial charge in [-0.2, -0.15) is 5.10 Å². The van der Waals surface area contributed by atoms with Crippen LogP contribution in [0.25, 0.3) is 0 Å². The second-order valence-electron chi connectivity index (χ2n) is 4.64. The molecule has 0 aliphatic carbocycles. The molecular weight excluding hydrogens is 254 g/mol. The van der Waals surface area contributed by atoms with E-state index in [1.165, 1.54) is 0 Å². The Kier molecular flexibility index (Phi) is 4.76. The maximum Gasteiger partial charge on any atom is 0.253 e. The number of hydrogen-bond acceptors (Lipinski definition) is 3. The number of nitrogens with one attached hydrogen (secondary N) is 1. The summed E-state index contributed by atoms with van der Waals surface area (Å²) >= 11 is 0. The first-order valence-electron chi connectivity index (χ1n) is 6.66. The molecule has 0 saturated carbocycles. The zero-order chi connectivity index (χ0) is 14.4. The fraction of sp³-hybridized carbons (Fsp3) is 0.333. The number of aromatic nitrogens is 2. The molecule has 2 aromatic rings. The highest BCUT2D eigenvalue weighted by Crippen LogP contribution is 2.14. The Morgan fingerprint density at radius 2 is 2.10 bits per heavy atom. The Morgan fingerprint density at radius 1 is 1.35 bits per heavy atom. The third-order valence-electron chi connectivity index (χ3n) is 2.90. The zero-order valence-electron chi connectivity index (χ0n) is 11.8. The Labute approximate surface area is 118 Å². The number of carbonyl (C=O) groups is 1. The number of rotatable bonds is 6. The van der Waals surface area contributed by atoms with Gasteiger partial charge in [-0.25, -0.2) is 0 Å². The molecule has 1 amide bonds. The van der Waals surface area contributed by atoms with Crippen LogP contribution in [0.1, 0.15) is 29.3 Å². The SMILES string of the molecule is CCCOc1ccc(C(=O)N(C)Cc2cn[nH]c2)cc1. The van der Waals surface area contributed by atoms with Gasteiger partial charge in [-0.05, 0) is 30.7 Å². The molecule has 0 saturated heterocycles. The molecule has 0 bridgehead atoms. The van der Waals surface area contributed by atoms with Gasteiger partial charge < -0.3 is 9.64 Å². The van der Waals surface area contributed by atoms with Crippen LogP contribution in [-0.4, -0.2) is 34.7 Å². The van der Waals surface area contributed by atoms with Crippen molar-refractivity contribution in [3.05, 3.63) is 47.8 Å². The van der Waals surface area contributed by atoms with Crippen LogP contribution < -0.4 is 4.74 Å². The highest BCUT2D eigenvalue weighted by Gasteiger charge is 2.12. The summed E-state index contributed by atoms with van der Waals surface area (Å²) in [4.78, 5) is 13.9. The van der Waals surface area contributed by atoms with Gasteiger partial charge in [0.2, 0.25) is 0 Å². The molecule has 1 heterocycles. The van der Waals surface area contributed by atoms with Gasteiger partial charge in [-0.1, -0.05) is 6.92 Å². The quantitative estimate of drug-likeness (QED) is 0.879. The van der Waals surface area contributed by atoms with Gasteiger partial charge in [0.1, 0.15) is 5.75 Å². The van der Waals surface area contributed by atoms with Gasteiger partial charge in [-0.15, -0.1) is 0 Å². The highest BCUT2D eigenvalue weighted by atomic mass is 16.5. The molecule has 106 valence electrons. The third-order valence-corrected chi connectivity index (χ3v) is 2.90. The number of hydrogen-bond donors (Lipinski definition) is 1. The molecule has 5 heteroatoms. The lowest BCUT2D eigenvalue weighted by atomic mass is 10.2. The Hall–Kier alpha value is -2.30. The van der Waals surface area contributed by atoms with Crippen molar-refractivity contribution in [2.45, 2.75) is 19.9 Å². The summed E-state index contributed by atoms with van der Waals surface area (Å²) in [5, 5.41) is 6.60. The molecular formula is C15H19N3O2. The molecule has 2 rings (SSSR count). The first-order chi connectivity index (χ1) is 9.70. The molecule has 0 atom stereocenters.